The minimum Gasteiger partial charge on any atom is -0.394 e. The number of hydrogen-bond acceptors (Lipinski definition) is 18. The number of carbonyl (C=O) groups excluding carboxylic acids is 1. The Hall–Kier alpha value is -1.73. The first-order chi connectivity index (χ1) is 36.8. The lowest BCUT2D eigenvalue weighted by atomic mass is 9.96. The van der Waals surface area contributed by atoms with Gasteiger partial charge in [0.2, 0.25) is 5.91 Å². The molecule has 0 aromatic carbocycles. The van der Waals surface area contributed by atoms with E-state index in [9.17, 15) is 61.0 Å². The highest BCUT2D eigenvalue weighted by Gasteiger charge is 2.53. The number of hydrogen-bond donors (Lipinski definition) is 12. The Labute approximate surface area is 454 Å². The molecular weight excluding hydrogens is 987 g/mol. The molecule has 0 saturated carbocycles. The molecule has 0 spiro atoms. The lowest BCUT2D eigenvalue weighted by Gasteiger charge is -2.48. The Morgan fingerprint density at radius 1 is 0.461 bits per heavy atom. The van der Waals surface area contributed by atoms with E-state index in [0.717, 1.165) is 32.1 Å². The van der Waals surface area contributed by atoms with Gasteiger partial charge >= 0.3 is 0 Å². The van der Waals surface area contributed by atoms with E-state index in [4.69, 9.17) is 28.4 Å². The standard InChI is InChI=1S/C57H105NO18/c1-3-5-7-9-10-11-12-13-14-15-16-17-18-19-20-21-22-23-24-25-26-27-28-29-30-31-33-35-45(63)58-40(41(62)34-32-8-6-4-2)39-71-55-51(69)48(66)53(43(37-60)73-55)76-57-52(70)49(67)54(44(38-61)74-57)75-56-50(68)47(65)46(64)42(36-59)72-56/h15-16,32,34,40-44,46-57,59-62,64-70H,3-14,17-31,33,35-39H2,1-2H3,(H,58,63)/b16-15-,34-32+. The van der Waals surface area contributed by atoms with E-state index in [0.29, 0.717) is 12.8 Å². The normalized spacial score (nSPS) is 31.1. The van der Waals surface area contributed by atoms with E-state index in [1.54, 1.807) is 6.08 Å². The first-order valence-corrected chi connectivity index (χ1v) is 29.6. The minimum absolute atomic E-state index is 0.244. The molecule has 446 valence electrons. The van der Waals surface area contributed by atoms with Crippen LogP contribution in [0, 0.1) is 0 Å². The van der Waals surface area contributed by atoms with Crippen LogP contribution in [0.1, 0.15) is 200 Å². The van der Waals surface area contributed by atoms with Gasteiger partial charge < -0.3 is 89.9 Å². The number of nitrogens with one attached hydrogen (secondary N) is 1. The third-order valence-corrected chi connectivity index (χ3v) is 15.0. The molecule has 19 heteroatoms. The Balaban J connectivity index is 1.33. The molecule has 3 aliphatic heterocycles. The fourth-order valence-corrected chi connectivity index (χ4v) is 10.1. The average molecular weight is 1090 g/mol. The second kappa shape index (κ2) is 41.3. The maximum absolute atomic E-state index is 13.2. The number of aliphatic hydroxyl groups excluding tert-OH is 11. The number of ether oxygens (including phenoxy) is 6. The maximum Gasteiger partial charge on any atom is 0.220 e. The molecule has 0 aliphatic carbocycles. The molecule has 17 atom stereocenters. The fraction of sp³-hybridized carbons (Fsp3) is 0.912. The van der Waals surface area contributed by atoms with Gasteiger partial charge in [-0.15, -0.1) is 0 Å². The zero-order valence-electron chi connectivity index (χ0n) is 46.2. The Morgan fingerprint density at radius 3 is 1.30 bits per heavy atom. The van der Waals surface area contributed by atoms with Gasteiger partial charge in [0, 0.05) is 6.42 Å². The molecule has 12 N–H and O–H groups in total. The zero-order chi connectivity index (χ0) is 55.5. The number of rotatable bonds is 43. The summed E-state index contributed by atoms with van der Waals surface area (Å²) in [5.74, 6) is -0.284. The monoisotopic (exact) mass is 1090 g/mol. The van der Waals surface area contributed by atoms with Crippen LogP contribution in [0.5, 0.6) is 0 Å². The van der Waals surface area contributed by atoms with E-state index in [-0.39, 0.29) is 18.9 Å². The maximum atomic E-state index is 13.2. The molecular formula is C57H105NO18. The molecule has 3 aliphatic rings. The number of allylic oxidation sites excluding steroid dienone is 3. The van der Waals surface area contributed by atoms with E-state index in [1.807, 2.05) is 13.0 Å². The van der Waals surface area contributed by atoms with Gasteiger partial charge in [-0.3, -0.25) is 4.79 Å². The molecule has 1 amide bonds. The molecule has 0 aromatic heterocycles. The van der Waals surface area contributed by atoms with Gasteiger partial charge in [-0.1, -0.05) is 179 Å². The van der Waals surface area contributed by atoms with E-state index in [2.05, 4.69) is 24.4 Å². The molecule has 3 rings (SSSR count). The van der Waals surface area contributed by atoms with Gasteiger partial charge in [0.1, 0.15) is 73.2 Å². The van der Waals surface area contributed by atoms with Crippen molar-refractivity contribution in [2.45, 2.75) is 304 Å². The molecule has 17 unspecified atom stereocenters. The minimum atomic E-state index is -1.97. The summed E-state index contributed by atoms with van der Waals surface area (Å²) in [5, 5.41) is 119. The van der Waals surface area contributed by atoms with E-state index in [1.165, 1.54) is 135 Å². The van der Waals surface area contributed by atoms with Crippen molar-refractivity contribution >= 4 is 5.91 Å². The summed E-state index contributed by atoms with van der Waals surface area (Å²) in [6, 6.07) is -0.965. The largest absolute Gasteiger partial charge is 0.394 e. The van der Waals surface area contributed by atoms with Gasteiger partial charge in [-0.2, -0.15) is 0 Å². The van der Waals surface area contributed by atoms with Crippen molar-refractivity contribution < 1.29 is 89.4 Å². The summed E-state index contributed by atoms with van der Waals surface area (Å²) in [4.78, 5) is 13.2. The lowest BCUT2D eigenvalue weighted by Crippen LogP contribution is -2.66. The van der Waals surface area contributed by atoms with Crippen molar-refractivity contribution in [3.8, 4) is 0 Å². The molecule has 76 heavy (non-hydrogen) atoms. The molecule has 3 heterocycles. The lowest BCUT2D eigenvalue weighted by molar-refractivity contribution is -0.379. The van der Waals surface area contributed by atoms with Crippen molar-refractivity contribution in [2.75, 3.05) is 26.4 Å². The Kier molecular flexibility index (Phi) is 37.2. The summed E-state index contributed by atoms with van der Waals surface area (Å²) in [5.41, 5.74) is 0. The first-order valence-electron chi connectivity index (χ1n) is 29.6. The highest BCUT2D eigenvalue weighted by atomic mass is 16.8. The number of carbonyl (C=O) groups is 1. The molecule has 0 bridgehead atoms. The molecule has 0 radical (unpaired) electrons. The summed E-state index contributed by atoms with van der Waals surface area (Å²) >= 11 is 0. The van der Waals surface area contributed by atoms with Crippen LogP contribution in [0.15, 0.2) is 24.3 Å². The highest BCUT2D eigenvalue weighted by Crippen LogP contribution is 2.33. The van der Waals surface area contributed by atoms with Crippen LogP contribution in [-0.4, -0.2) is 193 Å². The van der Waals surface area contributed by atoms with Crippen molar-refractivity contribution in [3.05, 3.63) is 24.3 Å². The van der Waals surface area contributed by atoms with Gasteiger partial charge in [-0.25, -0.2) is 0 Å². The summed E-state index contributed by atoms with van der Waals surface area (Å²) < 4.78 is 34.0. The van der Waals surface area contributed by atoms with Crippen LogP contribution in [0.2, 0.25) is 0 Å². The molecule has 19 nitrogen and oxygen atoms in total. The van der Waals surface area contributed by atoms with Crippen LogP contribution in [-0.2, 0) is 33.2 Å². The third kappa shape index (κ3) is 25.4. The Morgan fingerprint density at radius 2 is 0.842 bits per heavy atom. The van der Waals surface area contributed by atoms with Crippen molar-refractivity contribution in [1.29, 1.82) is 0 Å². The number of aliphatic hydroxyl groups is 11. The van der Waals surface area contributed by atoms with Crippen LogP contribution in [0.25, 0.3) is 0 Å². The van der Waals surface area contributed by atoms with Crippen LogP contribution in [0.3, 0.4) is 0 Å². The van der Waals surface area contributed by atoms with Crippen LogP contribution < -0.4 is 5.32 Å². The SMILES string of the molecule is CCCC/C=C/C(O)C(COC1OC(CO)C(OC2OC(CO)C(OC3OC(CO)C(O)C(O)C3O)C(O)C2O)C(O)C1O)NC(=O)CCCCCCCCCCCCCCCCC/C=C\CCCCCCCCCC. The molecule has 3 fully saturated rings. The second-order valence-corrected chi connectivity index (χ2v) is 21.5. The first kappa shape index (κ1) is 68.5. The smallest absolute Gasteiger partial charge is 0.220 e. The number of amides is 1. The van der Waals surface area contributed by atoms with E-state index < -0.39 is 124 Å². The van der Waals surface area contributed by atoms with Crippen LogP contribution in [0.4, 0.5) is 0 Å². The second-order valence-electron chi connectivity index (χ2n) is 21.5. The quantitative estimate of drug-likeness (QED) is 0.0289. The van der Waals surface area contributed by atoms with Gasteiger partial charge in [-0.05, 0) is 38.5 Å². The predicted octanol–water partition coefficient (Wildman–Crippen LogP) is 4.76. The average Bonchev–Trinajstić information content (AvgIpc) is 3.42. The van der Waals surface area contributed by atoms with Crippen molar-refractivity contribution in [2.24, 2.45) is 0 Å². The van der Waals surface area contributed by atoms with Crippen LogP contribution >= 0.6 is 0 Å². The van der Waals surface area contributed by atoms with Gasteiger partial charge in [0.25, 0.3) is 0 Å². The number of unbranched alkanes of at least 4 members (excludes halogenated alkanes) is 25. The highest BCUT2D eigenvalue weighted by molar-refractivity contribution is 5.76. The van der Waals surface area contributed by atoms with Crippen molar-refractivity contribution in [3.63, 3.8) is 0 Å². The van der Waals surface area contributed by atoms with Gasteiger partial charge in [0.05, 0.1) is 38.6 Å². The Bertz CT molecular complexity index is 1490. The summed E-state index contributed by atoms with van der Waals surface area (Å²) in [6.45, 7) is 1.55. The van der Waals surface area contributed by atoms with E-state index >= 15 is 0 Å². The summed E-state index contributed by atoms with van der Waals surface area (Å²) in [7, 11) is 0. The van der Waals surface area contributed by atoms with Gasteiger partial charge in [0.15, 0.2) is 18.9 Å². The summed E-state index contributed by atoms with van der Waals surface area (Å²) in [6.07, 6.45) is 15.7. The van der Waals surface area contributed by atoms with Crippen molar-refractivity contribution in [1.82, 2.24) is 5.32 Å². The molecule has 3 saturated heterocycles. The molecule has 0 aromatic rings. The zero-order valence-corrected chi connectivity index (χ0v) is 46.2. The third-order valence-electron chi connectivity index (χ3n) is 15.0. The predicted molar refractivity (Wildman–Crippen MR) is 286 cm³/mol. The topological polar surface area (TPSA) is 307 Å². The fourth-order valence-electron chi connectivity index (χ4n) is 10.1.